The first-order valence-corrected chi connectivity index (χ1v) is 25.5. The van der Waals surface area contributed by atoms with Crippen LogP contribution in [0.4, 0.5) is 34.1 Å². The van der Waals surface area contributed by atoms with Crippen molar-refractivity contribution < 1.29 is 8.83 Å². The Balaban J connectivity index is 1.23. The Labute approximate surface area is 413 Å². The van der Waals surface area contributed by atoms with E-state index < -0.39 is 0 Å². The Kier molecular flexibility index (Phi) is 8.43. The number of anilines is 6. The van der Waals surface area contributed by atoms with E-state index >= 15 is 0 Å². The Bertz CT molecular complexity index is 3930. The highest BCUT2D eigenvalue weighted by atomic mass is 16.3. The first kappa shape index (κ1) is 43.4. The SMILES string of the molecule is CC(C)(C)c1cc2c3c(c1)N1c4c(cc(C(C)(C)C)cc4-n4c5ccc(C(C)(C)C)cc5c5cc(C(C)(C)C)cc1c54)B3c1oc3ccc(C(C)(C)C)cc3c1N2c1ccc2oc3ccccc3c2c1. The summed E-state index contributed by atoms with van der Waals surface area (Å²) in [6.07, 6.45) is 0. The molecule has 0 saturated carbocycles. The summed E-state index contributed by atoms with van der Waals surface area (Å²) in [6.45, 7) is 35.0. The summed E-state index contributed by atoms with van der Waals surface area (Å²) < 4.78 is 16.6. The zero-order valence-corrected chi connectivity index (χ0v) is 43.7. The largest absolute Gasteiger partial charge is 0.468 e. The van der Waals surface area contributed by atoms with E-state index in [9.17, 15) is 0 Å². The number of para-hydroxylation sites is 1. The van der Waals surface area contributed by atoms with Crippen LogP contribution in [0.3, 0.4) is 0 Å². The van der Waals surface area contributed by atoms with Crippen molar-refractivity contribution in [2.75, 3.05) is 9.80 Å². The van der Waals surface area contributed by atoms with Crippen LogP contribution in [0.25, 0.3) is 60.4 Å². The van der Waals surface area contributed by atoms with Crippen molar-refractivity contribution in [3.63, 3.8) is 0 Å². The average molecular weight is 918 g/mol. The molecule has 13 rings (SSSR count). The van der Waals surface area contributed by atoms with Gasteiger partial charge < -0.3 is 23.2 Å². The van der Waals surface area contributed by atoms with Crippen molar-refractivity contribution in [2.45, 2.75) is 131 Å². The summed E-state index contributed by atoms with van der Waals surface area (Å²) in [5.74, 6) is 0. The van der Waals surface area contributed by atoms with Crippen molar-refractivity contribution >= 4 is 112 Å². The van der Waals surface area contributed by atoms with Gasteiger partial charge in [0.2, 0.25) is 0 Å². The Morgan fingerprint density at radius 1 is 0.386 bits per heavy atom. The molecule has 0 radical (unpaired) electrons. The predicted octanol–water partition coefficient (Wildman–Crippen LogP) is 16.3. The second-order valence-corrected chi connectivity index (χ2v) is 26.0. The zero-order chi connectivity index (χ0) is 49.1. The Morgan fingerprint density at radius 3 is 1.60 bits per heavy atom. The topological polar surface area (TPSA) is 37.7 Å². The molecular weight excluding hydrogens is 854 g/mol. The minimum absolute atomic E-state index is 0.00703. The van der Waals surface area contributed by atoms with Crippen molar-refractivity contribution in [1.29, 1.82) is 0 Å². The molecule has 3 aromatic heterocycles. The van der Waals surface area contributed by atoms with E-state index in [0.29, 0.717) is 0 Å². The molecule has 6 heterocycles. The van der Waals surface area contributed by atoms with Gasteiger partial charge in [-0.25, -0.2) is 0 Å². The number of hydrogen-bond acceptors (Lipinski definition) is 4. The molecule has 0 amide bonds. The predicted molar refractivity (Wildman–Crippen MR) is 299 cm³/mol. The van der Waals surface area contributed by atoms with Gasteiger partial charge in [-0.3, -0.25) is 0 Å². The quantitative estimate of drug-likeness (QED) is 0.154. The number of furan rings is 2. The van der Waals surface area contributed by atoms with Crippen LogP contribution in [0.2, 0.25) is 0 Å². The van der Waals surface area contributed by atoms with Crippen LogP contribution in [0.1, 0.15) is 132 Å². The van der Waals surface area contributed by atoms with E-state index in [4.69, 9.17) is 8.83 Å². The van der Waals surface area contributed by atoms with Gasteiger partial charge in [-0.1, -0.05) is 140 Å². The monoisotopic (exact) mass is 918 g/mol. The highest BCUT2D eigenvalue weighted by Crippen LogP contribution is 2.56. The van der Waals surface area contributed by atoms with E-state index in [2.05, 4.69) is 233 Å². The van der Waals surface area contributed by atoms with Crippen LogP contribution in [0, 0.1) is 0 Å². The highest BCUT2D eigenvalue weighted by Gasteiger charge is 2.50. The molecular formula is C64H64BN3O2. The number of nitrogens with zero attached hydrogens (tertiary/aromatic N) is 3. The van der Waals surface area contributed by atoms with E-state index in [0.717, 1.165) is 49.9 Å². The van der Waals surface area contributed by atoms with Gasteiger partial charge in [-0.15, -0.1) is 0 Å². The lowest BCUT2D eigenvalue weighted by atomic mass is 9.35. The molecule has 3 aliphatic heterocycles. The Morgan fingerprint density at radius 2 is 0.914 bits per heavy atom. The average Bonchev–Trinajstić information content (AvgIpc) is 3.96. The summed E-state index contributed by atoms with van der Waals surface area (Å²) in [5.41, 5.74) is 23.0. The number of fused-ring (bicyclic) bond motifs is 14. The molecule has 0 atom stereocenters. The lowest BCUT2D eigenvalue weighted by Gasteiger charge is -2.46. The molecule has 0 bridgehead atoms. The van der Waals surface area contributed by atoms with Crippen LogP contribution >= 0.6 is 0 Å². The third-order valence-electron chi connectivity index (χ3n) is 16.0. The first-order valence-electron chi connectivity index (χ1n) is 25.5. The molecule has 0 N–H and O–H groups in total. The number of hydrogen-bond donors (Lipinski definition) is 0. The summed E-state index contributed by atoms with van der Waals surface area (Å²) in [7, 11) is 0. The van der Waals surface area contributed by atoms with Gasteiger partial charge in [0.05, 0.1) is 39.4 Å². The van der Waals surface area contributed by atoms with Gasteiger partial charge in [-0.05, 0) is 145 Å². The van der Waals surface area contributed by atoms with Gasteiger partial charge >= 0.3 is 0 Å². The van der Waals surface area contributed by atoms with Crippen LogP contribution in [-0.4, -0.2) is 11.3 Å². The van der Waals surface area contributed by atoms with E-state index in [1.165, 1.54) is 89.0 Å². The van der Waals surface area contributed by atoms with Crippen LogP contribution in [0.5, 0.6) is 0 Å². The molecule has 70 heavy (non-hydrogen) atoms. The summed E-state index contributed by atoms with van der Waals surface area (Å²) in [4.78, 5) is 5.23. The van der Waals surface area contributed by atoms with Crippen LogP contribution < -0.4 is 26.4 Å². The van der Waals surface area contributed by atoms with E-state index in [1.807, 2.05) is 0 Å². The normalized spacial score (nSPS) is 14.7. The molecule has 0 unspecified atom stereocenters. The fourth-order valence-electron chi connectivity index (χ4n) is 11.9. The van der Waals surface area contributed by atoms with Crippen molar-refractivity contribution in [3.05, 3.63) is 143 Å². The summed E-state index contributed by atoms with van der Waals surface area (Å²) in [5, 5.41) is 5.95. The molecule has 0 aliphatic carbocycles. The maximum Gasteiger partial charge on any atom is 0.297 e. The van der Waals surface area contributed by atoms with Crippen LogP contribution in [-0.2, 0) is 27.1 Å². The number of rotatable bonds is 1. The Hall–Kier alpha value is -6.66. The molecule has 10 aromatic rings. The van der Waals surface area contributed by atoms with Crippen molar-refractivity contribution in [3.8, 4) is 5.69 Å². The van der Waals surface area contributed by atoms with Gasteiger partial charge in [0.25, 0.3) is 6.71 Å². The fraction of sp³-hybridized carbons (Fsp3) is 0.312. The van der Waals surface area contributed by atoms with Crippen molar-refractivity contribution in [2.24, 2.45) is 0 Å². The van der Waals surface area contributed by atoms with Gasteiger partial charge in [0.15, 0.2) is 0 Å². The lowest BCUT2D eigenvalue weighted by molar-refractivity contribution is 0.589. The fourth-order valence-corrected chi connectivity index (χ4v) is 11.9. The minimum Gasteiger partial charge on any atom is -0.468 e. The standard InChI is InChI=1S/C64H64BN3O2/c1-60(2,3)35-20-23-47-42(26-35)44-28-37(62(7,8)9)32-50-56(44)67(47)51-33-38(63(10,11)12)29-46-58(51)68(50)49-31-39(64(13,14)15)30-48-55(49)65(46)59-57(45-27-36(61(4,5)6)21-24-54(45)70-59)66(48)40-22-25-53-43(34-40)41-18-16-17-19-52(41)69-53/h16-34H,1-15H3. The van der Waals surface area contributed by atoms with Gasteiger partial charge in [0, 0.05) is 44.0 Å². The zero-order valence-electron chi connectivity index (χ0n) is 43.7. The lowest BCUT2D eigenvalue weighted by Crippen LogP contribution is -2.61. The first-order chi connectivity index (χ1) is 32.9. The molecule has 0 saturated heterocycles. The van der Waals surface area contributed by atoms with E-state index in [-0.39, 0.29) is 33.8 Å². The molecule has 5 nitrogen and oxygen atoms in total. The summed E-state index contributed by atoms with van der Waals surface area (Å²) in [6, 6.07) is 44.4. The number of benzene rings is 7. The third kappa shape index (κ3) is 5.98. The highest BCUT2D eigenvalue weighted by molar-refractivity contribution is 7.00. The molecule has 350 valence electrons. The van der Waals surface area contributed by atoms with Gasteiger partial charge in [0.1, 0.15) is 16.7 Å². The minimum atomic E-state index is -0.196. The molecule has 0 spiro atoms. The van der Waals surface area contributed by atoms with Crippen LogP contribution in [0.15, 0.2) is 124 Å². The van der Waals surface area contributed by atoms with Crippen molar-refractivity contribution in [1.82, 2.24) is 4.57 Å². The number of aromatic nitrogens is 1. The molecule has 6 heteroatoms. The smallest absolute Gasteiger partial charge is 0.297 e. The second kappa shape index (κ2) is 13.6. The molecule has 0 fully saturated rings. The maximum absolute atomic E-state index is 7.51. The molecule has 3 aliphatic rings. The third-order valence-corrected chi connectivity index (χ3v) is 16.0. The summed E-state index contributed by atoms with van der Waals surface area (Å²) >= 11 is 0. The van der Waals surface area contributed by atoms with E-state index in [1.54, 1.807) is 0 Å². The second-order valence-electron chi connectivity index (χ2n) is 26.0. The van der Waals surface area contributed by atoms with Gasteiger partial charge in [-0.2, -0.15) is 0 Å². The molecule has 7 aromatic carbocycles. The maximum atomic E-state index is 7.51.